The lowest BCUT2D eigenvalue weighted by Gasteiger charge is -2.36. The van der Waals surface area contributed by atoms with E-state index in [4.69, 9.17) is 4.18 Å². The third-order valence-corrected chi connectivity index (χ3v) is 4.52. The van der Waals surface area contributed by atoms with Gasteiger partial charge in [0.05, 0.1) is 6.61 Å². The maximum Gasteiger partial charge on any atom is 0.0606 e. The molecule has 94 valence electrons. The van der Waals surface area contributed by atoms with Crippen molar-refractivity contribution in [2.75, 3.05) is 26.2 Å². The number of piperidine rings is 1. The quantitative estimate of drug-likeness (QED) is 0.437. The molecule has 0 N–H and O–H groups in total. The molecule has 1 heterocycles. The Morgan fingerprint density at radius 2 is 1.88 bits per heavy atom. The van der Waals surface area contributed by atoms with Crippen LogP contribution in [-0.2, 0) is 4.18 Å². The van der Waals surface area contributed by atoms with Crippen LogP contribution in [0.1, 0.15) is 38.5 Å². The summed E-state index contributed by atoms with van der Waals surface area (Å²) in [6.45, 7) is 4.92. The fourth-order valence-corrected chi connectivity index (χ4v) is 3.02. The van der Waals surface area contributed by atoms with Crippen molar-refractivity contribution in [2.24, 2.45) is 11.8 Å². The maximum atomic E-state index is 5.30. The molecular formula is C13H25NOS. The largest absolute Gasteiger partial charge is 0.326 e. The molecule has 0 aromatic heterocycles. The summed E-state index contributed by atoms with van der Waals surface area (Å²) in [5, 5.41) is 0. The second-order valence-electron chi connectivity index (χ2n) is 5.29. The standard InChI is InChI=1S/C13H25NOS/c1-16-15-10-7-12-5-8-14(9-6-12)11-13-3-2-4-13/h12-13,16H,1-11H2. The number of likely N-dealkylation sites (tertiary alicyclic amines) is 1. The van der Waals surface area contributed by atoms with Crippen LogP contribution in [0.5, 0.6) is 0 Å². The van der Waals surface area contributed by atoms with E-state index in [1.165, 1.54) is 58.2 Å². The van der Waals surface area contributed by atoms with Crippen LogP contribution in [-0.4, -0.2) is 37.0 Å². The molecular weight excluding hydrogens is 218 g/mol. The zero-order valence-corrected chi connectivity index (χ0v) is 11.1. The van der Waals surface area contributed by atoms with Crippen LogP contribution in [0, 0.1) is 11.8 Å². The van der Waals surface area contributed by atoms with Crippen molar-refractivity contribution >= 4 is 17.5 Å². The van der Waals surface area contributed by atoms with Crippen LogP contribution < -0.4 is 0 Å². The first-order chi connectivity index (χ1) is 7.88. The molecule has 2 nitrogen and oxygen atoms in total. The molecule has 0 radical (unpaired) electrons. The van der Waals surface area contributed by atoms with Gasteiger partial charge in [0.1, 0.15) is 0 Å². The normalized spacial score (nSPS) is 24.5. The zero-order valence-electron chi connectivity index (χ0n) is 10.2. The fourth-order valence-electron chi connectivity index (χ4n) is 2.78. The van der Waals surface area contributed by atoms with Gasteiger partial charge in [0.15, 0.2) is 0 Å². The lowest BCUT2D eigenvalue weighted by molar-refractivity contribution is 0.124. The van der Waals surface area contributed by atoms with E-state index in [9.17, 15) is 0 Å². The molecule has 2 fully saturated rings. The fraction of sp³-hybridized carbons (Fsp3) is 0.923. The zero-order chi connectivity index (χ0) is 11.2. The molecule has 1 saturated carbocycles. The molecule has 1 saturated heterocycles. The maximum absolute atomic E-state index is 5.30. The highest BCUT2D eigenvalue weighted by Crippen LogP contribution is 2.29. The lowest BCUT2D eigenvalue weighted by atomic mass is 9.84. The van der Waals surface area contributed by atoms with E-state index in [0.717, 1.165) is 30.1 Å². The highest BCUT2D eigenvalue weighted by molar-refractivity contribution is 7.91. The minimum atomic E-state index is 0.833. The summed E-state index contributed by atoms with van der Waals surface area (Å²) in [4.78, 5) is 2.68. The Morgan fingerprint density at radius 1 is 1.12 bits per heavy atom. The Kier molecular flexibility index (Phi) is 5.33. The molecule has 0 bridgehead atoms. The molecule has 0 spiro atoms. The first-order valence-electron chi connectivity index (χ1n) is 6.69. The van der Waals surface area contributed by atoms with Crippen molar-refractivity contribution in [2.45, 2.75) is 38.5 Å². The van der Waals surface area contributed by atoms with Gasteiger partial charge < -0.3 is 9.08 Å². The van der Waals surface area contributed by atoms with Crippen LogP contribution in [0.3, 0.4) is 0 Å². The van der Waals surface area contributed by atoms with Gasteiger partial charge >= 0.3 is 0 Å². The molecule has 1 aliphatic carbocycles. The Labute approximate surface area is 104 Å². The average molecular weight is 243 g/mol. The van der Waals surface area contributed by atoms with Crippen molar-refractivity contribution in [3.8, 4) is 0 Å². The number of thiol groups is 1. The molecule has 0 aromatic carbocycles. The Morgan fingerprint density at radius 3 is 2.44 bits per heavy atom. The Balaban J connectivity index is 1.56. The van der Waals surface area contributed by atoms with Crippen molar-refractivity contribution in [3.63, 3.8) is 0 Å². The second kappa shape index (κ2) is 6.77. The molecule has 0 atom stereocenters. The Bertz CT molecular complexity index is 210. The van der Waals surface area contributed by atoms with Crippen LogP contribution >= 0.6 is 11.6 Å². The third kappa shape index (κ3) is 3.86. The monoisotopic (exact) mass is 243 g/mol. The van der Waals surface area contributed by atoms with Crippen LogP contribution in [0.2, 0.25) is 0 Å². The summed E-state index contributed by atoms with van der Waals surface area (Å²) in [6, 6.07) is 0. The van der Waals surface area contributed by atoms with E-state index in [1.807, 2.05) is 0 Å². The predicted octanol–water partition coefficient (Wildman–Crippen LogP) is 2.72. The number of nitrogens with zero attached hydrogens (tertiary/aromatic N) is 1. The average Bonchev–Trinajstić information content (AvgIpc) is 2.26. The van der Waals surface area contributed by atoms with Gasteiger partial charge in [-0.15, -0.1) is 0 Å². The first kappa shape index (κ1) is 12.6. The van der Waals surface area contributed by atoms with Crippen LogP contribution in [0.25, 0.3) is 0 Å². The van der Waals surface area contributed by atoms with E-state index < -0.39 is 0 Å². The van der Waals surface area contributed by atoms with E-state index in [1.54, 1.807) is 0 Å². The summed E-state index contributed by atoms with van der Waals surface area (Å²) in [6.07, 6.45) is 8.43. The third-order valence-electron chi connectivity index (χ3n) is 4.16. The molecule has 0 unspecified atom stereocenters. The van der Waals surface area contributed by atoms with Gasteiger partial charge in [0, 0.05) is 6.54 Å². The van der Waals surface area contributed by atoms with Gasteiger partial charge in [-0.25, -0.2) is 0 Å². The topological polar surface area (TPSA) is 12.5 Å². The highest BCUT2D eigenvalue weighted by atomic mass is 32.2. The van der Waals surface area contributed by atoms with Gasteiger partial charge in [-0.05, 0) is 57.0 Å². The predicted molar refractivity (Wildman–Crippen MR) is 73.2 cm³/mol. The van der Waals surface area contributed by atoms with Crippen molar-refractivity contribution in [3.05, 3.63) is 0 Å². The minimum Gasteiger partial charge on any atom is -0.326 e. The molecule has 2 rings (SSSR count). The van der Waals surface area contributed by atoms with Gasteiger partial charge in [-0.1, -0.05) is 23.9 Å². The summed E-state index contributed by atoms with van der Waals surface area (Å²) in [5.41, 5.74) is 0. The molecule has 0 amide bonds. The van der Waals surface area contributed by atoms with E-state index in [-0.39, 0.29) is 0 Å². The van der Waals surface area contributed by atoms with E-state index in [0.29, 0.717) is 0 Å². The molecule has 1 aliphatic heterocycles. The van der Waals surface area contributed by atoms with Gasteiger partial charge in [-0.3, -0.25) is 0 Å². The summed E-state index contributed by atoms with van der Waals surface area (Å²) >= 11 is 0.833. The first-order valence-corrected chi connectivity index (χ1v) is 7.68. The van der Waals surface area contributed by atoms with Gasteiger partial charge in [-0.2, -0.15) is 0 Å². The molecule has 0 aromatic rings. The molecule has 2 aliphatic rings. The van der Waals surface area contributed by atoms with Crippen LogP contribution in [0.4, 0.5) is 0 Å². The Hall–Kier alpha value is 0.140. The van der Waals surface area contributed by atoms with Gasteiger partial charge in [0.2, 0.25) is 0 Å². The van der Waals surface area contributed by atoms with Crippen molar-refractivity contribution in [1.29, 1.82) is 0 Å². The molecule has 16 heavy (non-hydrogen) atoms. The number of hydrogen-bond acceptors (Lipinski definition) is 2. The summed E-state index contributed by atoms with van der Waals surface area (Å²) < 4.78 is 5.30. The number of rotatable bonds is 6. The van der Waals surface area contributed by atoms with Crippen molar-refractivity contribution < 1.29 is 4.18 Å². The minimum absolute atomic E-state index is 0.833. The summed E-state index contributed by atoms with van der Waals surface area (Å²) in [7, 11) is 0. The van der Waals surface area contributed by atoms with Crippen molar-refractivity contribution in [1.82, 2.24) is 4.90 Å². The second-order valence-corrected chi connectivity index (χ2v) is 5.81. The summed E-state index contributed by atoms with van der Waals surface area (Å²) in [5.74, 6) is 5.61. The van der Waals surface area contributed by atoms with E-state index >= 15 is 0 Å². The highest BCUT2D eigenvalue weighted by Gasteiger charge is 2.24. The van der Waals surface area contributed by atoms with E-state index in [2.05, 4.69) is 10.8 Å². The lowest BCUT2D eigenvalue weighted by Crippen LogP contribution is -2.38. The van der Waals surface area contributed by atoms with Crippen LogP contribution in [0.15, 0.2) is 0 Å². The molecule has 3 heteroatoms. The smallest absolute Gasteiger partial charge is 0.0606 e. The number of hydrogen-bond donors (Lipinski definition) is 1. The SMILES string of the molecule is C=[SH]OCCC1CCN(CC2CCC2)CC1. The van der Waals surface area contributed by atoms with Gasteiger partial charge in [0.25, 0.3) is 0 Å².